The lowest BCUT2D eigenvalue weighted by atomic mass is 9.78. The number of hydrogen-bond acceptors (Lipinski definition) is 4. The average Bonchev–Trinajstić information content (AvgIpc) is 2.81. The van der Waals surface area contributed by atoms with E-state index < -0.39 is 0 Å². The standard InChI is InChI=1S/C19H38N4O/c1-15(2)12-24-19(7,8)13-18(5,6)10-17-11-23(21-20-17)14-22(9)16(3)4/h11,15-16H,10,12-14H2,1-9H3. The molecule has 1 rings (SSSR count). The van der Waals surface area contributed by atoms with E-state index in [-0.39, 0.29) is 11.0 Å². The maximum atomic E-state index is 6.10. The van der Waals surface area contributed by atoms with Crippen molar-refractivity contribution in [1.29, 1.82) is 0 Å². The molecule has 0 N–H and O–H groups in total. The molecule has 0 bridgehead atoms. The zero-order valence-electron chi connectivity index (χ0n) is 17.3. The summed E-state index contributed by atoms with van der Waals surface area (Å²) in [6.07, 6.45) is 3.97. The van der Waals surface area contributed by atoms with Crippen LogP contribution in [0.1, 0.15) is 67.5 Å². The molecule has 5 nitrogen and oxygen atoms in total. The molecule has 0 saturated carbocycles. The fraction of sp³-hybridized carbons (Fsp3) is 0.895. The van der Waals surface area contributed by atoms with Crippen molar-refractivity contribution in [1.82, 2.24) is 19.9 Å². The molecule has 1 heterocycles. The molecule has 24 heavy (non-hydrogen) atoms. The first kappa shape index (κ1) is 21.1. The summed E-state index contributed by atoms with van der Waals surface area (Å²) in [6, 6.07) is 0.494. The summed E-state index contributed by atoms with van der Waals surface area (Å²) in [5.74, 6) is 0.560. The predicted molar refractivity (Wildman–Crippen MR) is 99.9 cm³/mol. The van der Waals surface area contributed by atoms with E-state index in [4.69, 9.17) is 4.74 Å². The Morgan fingerprint density at radius 1 is 1.17 bits per heavy atom. The van der Waals surface area contributed by atoms with Gasteiger partial charge in [-0.3, -0.25) is 4.90 Å². The van der Waals surface area contributed by atoms with Gasteiger partial charge in [0, 0.05) is 18.8 Å². The Bertz CT molecular complexity index is 491. The number of aromatic nitrogens is 3. The van der Waals surface area contributed by atoms with E-state index in [1.807, 2.05) is 4.68 Å². The SMILES string of the molecule is CC(C)COC(C)(C)CC(C)(C)Cc1cn(CN(C)C(C)C)nn1. The average molecular weight is 339 g/mol. The highest BCUT2D eigenvalue weighted by Crippen LogP contribution is 2.33. The van der Waals surface area contributed by atoms with Crippen molar-refractivity contribution in [3.05, 3.63) is 11.9 Å². The van der Waals surface area contributed by atoms with Crippen LogP contribution in [0.3, 0.4) is 0 Å². The minimum absolute atomic E-state index is 0.116. The zero-order valence-corrected chi connectivity index (χ0v) is 17.3. The summed E-state index contributed by atoms with van der Waals surface area (Å²) in [5.41, 5.74) is 1.05. The fourth-order valence-corrected chi connectivity index (χ4v) is 3.03. The molecule has 0 saturated heterocycles. The monoisotopic (exact) mass is 338 g/mol. The molecule has 0 atom stereocenters. The Balaban J connectivity index is 2.62. The molecule has 1 aromatic heterocycles. The maximum absolute atomic E-state index is 6.10. The predicted octanol–water partition coefficient (Wildman–Crippen LogP) is 3.99. The van der Waals surface area contributed by atoms with Gasteiger partial charge in [0.2, 0.25) is 0 Å². The van der Waals surface area contributed by atoms with Crippen LogP contribution in [0, 0.1) is 11.3 Å². The van der Waals surface area contributed by atoms with Gasteiger partial charge < -0.3 is 4.74 Å². The number of nitrogens with zero attached hydrogens (tertiary/aromatic N) is 4. The molecule has 0 amide bonds. The first-order valence-corrected chi connectivity index (χ1v) is 9.13. The van der Waals surface area contributed by atoms with Gasteiger partial charge in [0.25, 0.3) is 0 Å². The van der Waals surface area contributed by atoms with Gasteiger partial charge >= 0.3 is 0 Å². The highest BCUT2D eigenvalue weighted by molar-refractivity contribution is 4.98. The smallest absolute Gasteiger partial charge is 0.0946 e. The molecular weight excluding hydrogens is 300 g/mol. The van der Waals surface area contributed by atoms with Crippen LogP contribution >= 0.6 is 0 Å². The van der Waals surface area contributed by atoms with Gasteiger partial charge in [-0.2, -0.15) is 0 Å². The van der Waals surface area contributed by atoms with Crippen molar-refractivity contribution in [2.45, 2.75) is 86.5 Å². The Morgan fingerprint density at radius 3 is 2.33 bits per heavy atom. The van der Waals surface area contributed by atoms with Gasteiger partial charge in [-0.1, -0.05) is 32.9 Å². The van der Waals surface area contributed by atoms with E-state index in [0.717, 1.165) is 31.8 Å². The third kappa shape index (κ3) is 7.75. The van der Waals surface area contributed by atoms with Crippen LogP contribution in [0.15, 0.2) is 6.20 Å². The molecule has 140 valence electrons. The molecule has 0 spiro atoms. The second-order valence-electron chi connectivity index (χ2n) is 9.22. The van der Waals surface area contributed by atoms with E-state index in [0.29, 0.717) is 12.0 Å². The van der Waals surface area contributed by atoms with Crippen LogP contribution in [-0.4, -0.2) is 45.2 Å². The second-order valence-corrected chi connectivity index (χ2v) is 9.22. The van der Waals surface area contributed by atoms with E-state index in [9.17, 15) is 0 Å². The van der Waals surface area contributed by atoms with Gasteiger partial charge in [0.15, 0.2) is 0 Å². The van der Waals surface area contributed by atoms with Crippen molar-refractivity contribution in [3.63, 3.8) is 0 Å². The minimum atomic E-state index is -0.123. The van der Waals surface area contributed by atoms with Crippen molar-refractivity contribution in [2.75, 3.05) is 13.7 Å². The van der Waals surface area contributed by atoms with Crippen LogP contribution in [0.5, 0.6) is 0 Å². The molecule has 1 aromatic rings. The third-order valence-corrected chi connectivity index (χ3v) is 4.21. The zero-order chi connectivity index (χ0) is 18.5. The summed E-state index contributed by atoms with van der Waals surface area (Å²) in [6.45, 7) is 19.3. The topological polar surface area (TPSA) is 43.2 Å². The Kier molecular flexibility index (Phi) is 7.42. The highest BCUT2D eigenvalue weighted by atomic mass is 16.5. The lowest BCUT2D eigenvalue weighted by Gasteiger charge is -2.35. The van der Waals surface area contributed by atoms with E-state index in [1.165, 1.54) is 0 Å². The number of ether oxygens (including phenoxy) is 1. The molecule has 0 aliphatic carbocycles. The van der Waals surface area contributed by atoms with Crippen molar-refractivity contribution in [2.24, 2.45) is 11.3 Å². The Hall–Kier alpha value is -0.940. The fourth-order valence-electron chi connectivity index (χ4n) is 3.03. The Morgan fingerprint density at radius 2 is 1.79 bits per heavy atom. The minimum Gasteiger partial charge on any atom is -0.375 e. The van der Waals surface area contributed by atoms with E-state index >= 15 is 0 Å². The Labute approximate surface area is 148 Å². The van der Waals surface area contributed by atoms with Crippen LogP contribution in [0.2, 0.25) is 0 Å². The normalized spacial score (nSPS) is 13.5. The molecular formula is C19H38N4O. The van der Waals surface area contributed by atoms with Crippen LogP contribution < -0.4 is 0 Å². The maximum Gasteiger partial charge on any atom is 0.0946 e. The summed E-state index contributed by atoms with van der Waals surface area (Å²) in [4.78, 5) is 2.24. The number of rotatable bonds is 10. The molecule has 0 radical (unpaired) electrons. The summed E-state index contributed by atoms with van der Waals surface area (Å²) >= 11 is 0. The molecule has 0 aliphatic heterocycles. The molecule has 0 aliphatic rings. The first-order valence-electron chi connectivity index (χ1n) is 9.13. The largest absolute Gasteiger partial charge is 0.375 e. The van der Waals surface area contributed by atoms with Crippen LogP contribution in [0.25, 0.3) is 0 Å². The first-order chi connectivity index (χ1) is 10.9. The summed E-state index contributed by atoms with van der Waals surface area (Å²) in [5, 5.41) is 8.64. The van der Waals surface area contributed by atoms with E-state index in [1.54, 1.807) is 0 Å². The van der Waals surface area contributed by atoms with Crippen molar-refractivity contribution in [3.8, 4) is 0 Å². The third-order valence-electron chi connectivity index (χ3n) is 4.21. The van der Waals surface area contributed by atoms with Gasteiger partial charge in [0.1, 0.15) is 0 Å². The summed E-state index contributed by atoms with van der Waals surface area (Å²) in [7, 11) is 2.10. The molecule has 5 heteroatoms. The van der Waals surface area contributed by atoms with Crippen molar-refractivity contribution >= 4 is 0 Å². The molecule has 0 fully saturated rings. The van der Waals surface area contributed by atoms with Gasteiger partial charge in [-0.05, 0) is 58.9 Å². The van der Waals surface area contributed by atoms with Crippen LogP contribution in [-0.2, 0) is 17.8 Å². The van der Waals surface area contributed by atoms with Crippen molar-refractivity contribution < 1.29 is 4.74 Å². The quantitative estimate of drug-likeness (QED) is 0.647. The van der Waals surface area contributed by atoms with E-state index in [2.05, 4.69) is 83.8 Å². The second kappa shape index (κ2) is 8.43. The summed E-state index contributed by atoms with van der Waals surface area (Å²) < 4.78 is 8.02. The van der Waals surface area contributed by atoms with Gasteiger partial charge in [0.05, 0.1) is 18.0 Å². The lowest BCUT2D eigenvalue weighted by molar-refractivity contribution is -0.0565. The van der Waals surface area contributed by atoms with Gasteiger partial charge in [-0.15, -0.1) is 5.10 Å². The van der Waals surface area contributed by atoms with Crippen LogP contribution in [0.4, 0.5) is 0 Å². The molecule has 0 unspecified atom stereocenters. The highest BCUT2D eigenvalue weighted by Gasteiger charge is 2.30. The lowest BCUT2D eigenvalue weighted by Crippen LogP contribution is -2.34. The molecule has 0 aromatic carbocycles. The van der Waals surface area contributed by atoms with Gasteiger partial charge in [-0.25, -0.2) is 4.68 Å². The number of hydrogen-bond donors (Lipinski definition) is 0.